The van der Waals surface area contributed by atoms with Crippen molar-refractivity contribution in [2.24, 2.45) is 17.8 Å². The standard InChI is InChI=1S/C42H65NO5Si/c1-5-9-12-21-36(47-42(44)43-25-15-11-16-26-43)23-24-37-38-29-34-20-17-22-40(46-28-27-45-32-33-18-13-10-14-19-33)39(34)30-35(38)31-41(37)48-49(6-2,7-3)8-4/h10,13-14,17-20,22,35-38,41H,5-9,11-12,15-16,21,23-32H2,1-4H3/t35-,36-,37+,38-,41?/m0/s1. The normalized spacial score (nSPS) is 22.7. The number of nitrogens with zero attached hydrogens (tertiary/aromatic N) is 1. The maximum atomic E-state index is 13.2. The molecule has 2 aromatic carbocycles. The van der Waals surface area contributed by atoms with Gasteiger partial charge in [0.2, 0.25) is 0 Å². The number of ether oxygens (including phenoxy) is 3. The molecule has 1 saturated heterocycles. The van der Waals surface area contributed by atoms with Crippen molar-refractivity contribution < 1.29 is 23.4 Å². The summed E-state index contributed by atoms with van der Waals surface area (Å²) >= 11 is 0. The molecule has 1 heterocycles. The largest absolute Gasteiger partial charge is 0.491 e. The molecule has 6 nitrogen and oxygen atoms in total. The van der Waals surface area contributed by atoms with E-state index in [0.29, 0.717) is 43.7 Å². The lowest BCUT2D eigenvalue weighted by molar-refractivity contribution is 0.0402. The Morgan fingerprint density at radius 3 is 2.39 bits per heavy atom. The molecule has 49 heavy (non-hydrogen) atoms. The molecule has 7 heteroatoms. The van der Waals surface area contributed by atoms with Crippen LogP contribution in [0.2, 0.25) is 18.1 Å². The Morgan fingerprint density at radius 2 is 1.65 bits per heavy atom. The molecule has 2 aromatic rings. The second-order valence-electron chi connectivity index (χ2n) is 15.0. The highest BCUT2D eigenvalue weighted by Gasteiger charge is 2.48. The number of likely N-dealkylation sites (tertiary alicyclic amines) is 1. The first kappa shape index (κ1) is 37.9. The minimum Gasteiger partial charge on any atom is -0.491 e. The van der Waals surface area contributed by atoms with E-state index in [1.807, 2.05) is 23.1 Å². The first-order valence-corrected chi connectivity index (χ1v) is 22.5. The molecule has 1 amide bonds. The van der Waals surface area contributed by atoms with Crippen LogP contribution in [0.5, 0.6) is 5.75 Å². The smallest absolute Gasteiger partial charge is 0.410 e. The van der Waals surface area contributed by atoms with Crippen LogP contribution < -0.4 is 4.74 Å². The third-order valence-electron chi connectivity index (χ3n) is 12.1. The van der Waals surface area contributed by atoms with Crippen LogP contribution in [0.15, 0.2) is 48.5 Å². The molecule has 272 valence electrons. The van der Waals surface area contributed by atoms with Gasteiger partial charge in [0.1, 0.15) is 18.5 Å². The zero-order chi connectivity index (χ0) is 34.5. The Morgan fingerprint density at radius 1 is 0.878 bits per heavy atom. The molecule has 5 atom stereocenters. The fraction of sp³-hybridized carbons (Fsp3) is 0.690. The summed E-state index contributed by atoms with van der Waals surface area (Å²) < 4.78 is 26.0. The topological polar surface area (TPSA) is 57.2 Å². The van der Waals surface area contributed by atoms with Gasteiger partial charge in [0.05, 0.1) is 13.2 Å². The molecule has 3 aliphatic rings. The first-order valence-electron chi connectivity index (χ1n) is 20.0. The number of piperidine rings is 1. The van der Waals surface area contributed by atoms with E-state index in [9.17, 15) is 4.79 Å². The average Bonchev–Trinajstić information content (AvgIpc) is 3.47. The SMILES string of the molecule is CCCCC[C@@H](CC[C@H]1C(O[Si](CC)(CC)CC)C[C@@H]2Cc3c(cccc3OCCOCc3ccccc3)C[C@@H]21)OC(=O)N1CCCCC1. The molecule has 1 unspecified atom stereocenters. The zero-order valence-corrected chi connectivity index (χ0v) is 32.1. The van der Waals surface area contributed by atoms with Crippen LogP contribution in [0.25, 0.3) is 0 Å². The van der Waals surface area contributed by atoms with Gasteiger partial charge in [0.25, 0.3) is 0 Å². The van der Waals surface area contributed by atoms with Crippen molar-refractivity contribution in [2.45, 2.75) is 142 Å². The van der Waals surface area contributed by atoms with Gasteiger partial charge >= 0.3 is 6.09 Å². The quantitative estimate of drug-likeness (QED) is 0.108. The van der Waals surface area contributed by atoms with Crippen molar-refractivity contribution in [3.8, 4) is 5.75 Å². The second-order valence-corrected chi connectivity index (χ2v) is 19.8. The van der Waals surface area contributed by atoms with Gasteiger partial charge in [-0.2, -0.15) is 0 Å². The van der Waals surface area contributed by atoms with E-state index in [0.717, 1.165) is 76.6 Å². The summed E-state index contributed by atoms with van der Waals surface area (Å²) in [5, 5.41) is 0. The number of benzene rings is 2. The summed E-state index contributed by atoms with van der Waals surface area (Å²) in [6, 6.07) is 20.5. The van der Waals surface area contributed by atoms with Crippen molar-refractivity contribution in [2.75, 3.05) is 26.3 Å². The summed E-state index contributed by atoms with van der Waals surface area (Å²) in [4.78, 5) is 15.2. The molecule has 2 aliphatic carbocycles. The van der Waals surface area contributed by atoms with Crippen LogP contribution in [0.1, 0.15) is 109 Å². The zero-order valence-electron chi connectivity index (χ0n) is 31.1. The van der Waals surface area contributed by atoms with Crippen LogP contribution in [0, 0.1) is 17.8 Å². The number of carbonyl (C=O) groups excluding carboxylic acids is 1. The molecule has 0 aromatic heterocycles. The molecule has 1 saturated carbocycles. The molecule has 2 fully saturated rings. The highest BCUT2D eigenvalue weighted by atomic mass is 28.4. The average molecular weight is 692 g/mol. The highest BCUT2D eigenvalue weighted by molar-refractivity contribution is 6.73. The van der Waals surface area contributed by atoms with E-state index in [1.165, 1.54) is 54.1 Å². The highest BCUT2D eigenvalue weighted by Crippen LogP contribution is 2.50. The van der Waals surface area contributed by atoms with Crippen molar-refractivity contribution in [3.63, 3.8) is 0 Å². The monoisotopic (exact) mass is 691 g/mol. The lowest BCUT2D eigenvalue weighted by Gasteiger charge is -2.36. The number of unbranched alkanes of at least 4 members (excludes halogenated alkanes) is 2. The van der Waals surface area contributed by atoms with Crippen molar-refractivity contribution >= 4 is 14.4 Å². The molecule has 5 rings (SSSR count). The summed E-state index contributed by atoms with van der Waals surface area (Å²) in [6.45, 7) is 12.7. The molecule has 0 bridgehead atoms. The van der Waals surface area contributed by atoms with Crippen molar-refractivity contribution in [3.05, 3.63) is 65.2 Å². The van der Waals surface area contributed by atoms with Gasteiger partial charge in [-0.25, -0.2) is 4.79 Å². The van der Waals surface area contributed by atoms with E-state index >= 15 is 0 Å². The number of rotatable bonds is 19. The number of amides is 1. The molecular formula is C42H65NO5Si. The van der Waals surface area contributed by atoms with Crippen LogP contribution in [0.4, 0.5) is 4.79 Å². The lowest BCUT2D eigenvalue weighted by atomic mass is 9.73. The third-order valence-corrected chi connectivity index (χ3v) is 16.8. The Bertz CT molecular complexity index is 1250. The van der Waals surface area contributed by atoms with Gasteiger partial charge in [-0.15, -0.1) is 0 Å². The molecule has 0 spiro atoms. The fourth-order valence-electron chi connectivity index (χ4n) is 8.90. The van der Waals surface area contributed by atoms with E-state index in [1.54, 1.807) is 0 Å². The van der Waals surface area contributed by atoms with E-state index in [2.05, 4.69) is 58.0 Å². The van der Waals surface area contributed by atoms with Gasteiger partial charge in [-0.05, 0) is 123 Å². The third kappa shape index (κ3) is 10.4. The first-order chi connectivity index (χ1) is 24.0. The fourth-order valence-corrected chi connectivity index (χ4v) is 11.8. The van der Waals surface area contributed by atoms with Gasteiger partial charge in [0.15, 0.2) is 8.32 Å². The predicted octanol–water partition coefficient (Wildman–Crippen LogP) is 10.4. The maximum absolute atomic E-state index is 13.2. The minimum atomic E-state index is -1.79. The maximum Gasteiger partial charge on any atom is 0.410 e. The predicted molar refractivity (Wildman–Crippen MR) is 202 cm³/mol. The summed E-state index contributed by atoms with van der Waals surface area (Å²) in [5.74, 6) is 2.70. The van der Waals surface area contributed by atoms with Crippen LogP contribution in [-0.4, -0.2) is 57.8 Å². The molecular weight excluding hydrogens is 627 g/mol. The Labute approximate surface area is 298 Å². The Balaban J connectivity index is 1.27. The lowest BCUT2D eigenvalue weighted by Crippen LogP contribution is -2.42. The van der Waals surface area contributed by atoms with Gasteiger partial charge in [-0.3, -0.25) is 0 Å². The summed E-state index contributed by atoms with van der Waals surface area (Å²) in [7, 11) is -1.79. The molecule has 0 N–H and O–H groups in total. The van der Waals surface area contributed by atoms with Gasteiger partial charge < -0.3 is 23.5 Å². The second kappa shape index (κ2) is 19.3. The summed E-state index contributed by atoms with van der Waals surface area (Å²) in [6.07, 6.45) is 13.3. The van der Waals surface area contributed by atoms with Gasteiger partial charge in [0, 0.05) is 19.2 Å². The number of fused-ring (bicyclic) bond motifs is 2. The van der Waals surface area contributed by atoms with Crippen LogP contribution >= 0.6 is 0 Å². The Hall–Kier alpha value is -2.35. The Kier molecular flexibility index (Phi) is 14.9. The van der Waals surface area contributed by atoms with Crippen molar-refractivity contribution in [1.29, 1.82) is 0 Å². The minimum absolute atomic E-state index is 0.00815. The van der Waals surface area contributed by atoms with E-state index in [4.69, 9.17) is 18.6 Å². The number of carbonyl (C=O) groups is 1. The van der Waals surface area contributed by atoms with Crippen LogP contribution in [0.3, 0.4) is 0 Å². The van der Waals surface area contributed by atoms with Gasteiger partial charge in [-0.1, -0.05) is 83.0 Å². The summed E-state index contributed by atoms with van der Waals surface area (Å²) in [5.41, 5.74) is 4.02. The van der Waals surface area contributed by atoms with E-state index < -0.39 is 8.32 Å². The molecule has 0 radical (unpaired) electrons. The van der Waals surface area contributed by atoms with Crippen LogP contribution in [-0.2, 0) is 33.3 Å². The molecule has 1 aliphatic heterocycles. The van der Waals surface area contributed by atoms with Crippen molar-refractivity contribution in [1.82, 2.24) is 4.90 Å². The number of hydrogen-bond acceptors (Lipinski definition) is 5. The number of hydrogen-bond donors (Lipinski definition) is 0. The van der Waals surface area contributed by atoms with E-state index in [-0.39, 0.29) is 12.2 Å².